The average molecular weight is 139 g/mol. The lowest BCUT2D eigenvalue weighted by Gasteiger charge is -1.92. The summed E-state index contributed by atoms with van der Waals surface area (Å²) in [5.74, 6) is 0. The lowest BCUT2D eigenvalue weighted by molar-refractivity contribution is 0.490. The van der Waals surface area contributed by atoms with E-state index in [0.717, 1.165) is 4.90 Å². The quantitative estimate of drug-likeness (QED) is 0.580. The van der Waals surface area contributed by atoms with Gasteiger partial charge in [0.15, 0.2) is 0 Å². The highest BCUT2D eigenvalue weighted by Crippen LogP contribution is 2.15. The van der Waals surface area contributed by atoms with Crippen LogP contribution in [0.25, 0.3) is 0 Å². The largest absolute Gasteiger partial charge is 0.314 e. The molecule has 1 rings (SSSR count). The minimum atomic E-state index is 1.01. The van der Waals surface area contributed by atoms with Crippen LogP contribution in [0.15, 0.2) is 29.2 Å². The molecule has 2 heteroatoms. The van der Waals surface area contributed by atoms with Crippen LogP contribution in [0.5, 0.6) is 0 Å². The summed E-state index contributed by atoms with van der Waals surface area (Å²) in [5, 5.41) is 0. The molecule has 0 fully saturated rings. The van der Waals surface area contributed by atoms with Crippen LogP contribution in [0.2, 0.25) is 0 Å². The van der Waals surface area contributed by atoms with Crippen molar-refractivity contribution < 1.29 is 4.18 Å². The Balaban J connectivity index is 2.61. The molecule has 0 unspecified atom stereocenters. The standard InChI is InChI=1S/C7H7OS/c1-8-9-7-5-3-2-4-6-7/h2-5H,1H3. The SMILES string of the molecule is COSc1[c]cccc1. The average Bonchev–Trinajstić information content (AvgIpc) is 1.91. The summed E-state index contributed by atoms with van der Waals surface area (Å²) < 4.78 is 4.81. The normalized spacial score (nSPS) is 9.44. The van der Waals surface area contributed by atoms with Gasteiger partial charge in [0.2, 0.25) is 0 Å². The Morgan fingerprint density at radius 3 is 3.00 bits per heavy atom. The van der Waals surface area contributed by atoms with E-state index in [4.69, 9.17) is 4.18 Å². The molecule has 9 heavy (non-hydrogen) atoms. The molecule has 1 aromatic carbocycles. The van der Waals surface area contributed by atoms with Crippen LogP contribution in [0.1, 0.15) is 0 Å². The molecule has 0 aliphatic carbocycles. The van der Waals surface area contributed by atoms with E-state index in [0.29, 0.717) is 0 Å². The molecule has 0 N–H and O–H groups in total. The van der Waals surface area contributed by atoms with Crippen LogP contribution in [0.3, 0.4) is 0 Å². The van der Waals surface area contributed by atoms with Crippen molar-refractivity contribution in [3.05, 3.63) is 30.3 Å². The van der Waals surface area contributed by atoms with E-state index in [2.05, 4.69) is 6.07 Å². The third kappa shape index (κ3) is 2.08. The van der Waals surface area contributed by atoms with Crippen molar-refractivity contribution in [2.24, 2.45) is 0 Å². The van der Waals surface area contributed by atoms with Crippen molar-refractivity contribution in [3.8, 4) is 0 Å². The van der Waals surface area contributed by atoms with E-state index in [-0.39, 0.29) is 0 Å². The molecule has 0 aliphatic heterocycles. The van der Waals surface area contributed by atoms with Crippen molar-refractivity contribution in [1.29, 1.82) is 0 Å². The highest BCUT2D eigenvalue weighted by atomic mass is 32.2. The van der Waals surface area contributed by atoms with Gasteiger partial charge >= 0.3 is 0 Å². The van der Waals surface area contributed by atoms with E-state index in [1.54, 1.807) is 7.11 Å². The molecule has 47 valence electrons. The molecule has 0 spiro atoms. The van der Waals surface area contributed by atoms with E-state index in [1.807, 2.05) is 24.3 Å². The number of hydrogen-bond acceptors (Lipinski definition) is 2. The molecule has 1 aromatic rings. The Hall–Kier alpha value is -0.470. The topological polar surface area (TPSA) is 9.23 Å². The Labute approximate surface area is 59.2 Å². The van der Waals surface area contributed by atoms with Gasteiger partial charge in [0.1, 0.15) is 0 Å². The van der Waals surface area contributed by atoms with Gasteiger partial charge in [-0.15, -0.1) is 0 Å². The molecular weight excluding hydrogens is 132 g/mol. The molecular formula is C7H7OS. The van der Waals surface area contributed by atoms with E-state index >= 15 is 0 Å². The van der Waals surface area contributed by atoms with Gasteiger partial charge < -0.3 is 4.18 Å². The highest BCUT2D eigenvalue weighted by Gasteiger charge is 1.87. The van der Waals surface area contributed by atoms with Crippen LogP contribution in [-0.2, 0) is 4.18 Å². The van der Waals surface area contributed by atoms with Crippen LogP contribution in [0, 0.1) is 6.07 Å². The Morgan fingerprint density at radius 2 is 2.44 bits per heavy atom. The third-order valence-electron chi connectivity index (χ3n) is 0.854. The summed E-state index contributed by atoms with van der Waals surface area (Å²) in [6.07, 6.45) is 0. The Bertz CT molecular complexity index is 162. The van der Waals surface area contributed by atoms with Crippen molar-refractivity contribution >= 4 is 12.0 Å². The molecule has 0 bridgehead atoms. The zero-order valence-electron chi connectivity index (χ0n) is 5.13. The van der Waals surface area contributed by atoms with Gasteiger partial charge in [0.05, 0.1) is 7.11 Å². The first kappa shape index (κ1) is 6.65. The van der Waals surface area contributed by atoms with Gasteiger partial charge in [-0.05, 0) is 12.1 Å². The summed E-state index contributed by atoms with van der Waals surface area (Å²) in [7, 11) is 1.64. The van der Waals surface area contributed by atoms with Gasteiger partial charge in [-0.1, -0.05) is 18.2 Å². The molecule has 0 heterocycles. The molecule has 0 saturated carbocycles. The predicted octanol–water partition coefficient (Wildman–Crippen LogP) is 2.14. The van der Waals surface area contributed by atoms with Gasteiger partial charge in [0.25, 0.3) is 0 Å². The Kier molecular flexibility index (Phi) is 2.61. The first-order chi connectivity index (χ1) is 4.43. The van der Waals surface area contributed by atoms with Crippen LogP contribution in [0.4, 0.5) is 0 Å². The first-order valence-corrected chi connectivity index (χ1v) is 3.35. The van der Waals surface area contributed by atoms with Crippen molar-refractivity contribution in [2.45, 2.75) is 4.90 Å². The fraction of sp³-hybridized carbons (Fsp3) is 0.143. The molecule has 0 aliphatic rings. The van der Waals surface area contributed by atoms with Gasteiger partial charge in [0, 0.05) is 16.9 Å². The van der Waals surface area contributed by atoms with Gasteiger partial charge in [-0.3, -0.25) is 0 Å². The highest BCUT2D eigenvalue weighted by molar-refractivity contribution is 7.94. The fourth-order valence-corrected chi connectivity index (χ4v) is 0.948. The summed E-state index contributed by atoms with van der Waals surface area (Å²) in [6.45, 7) is 0. The zero-order chi connectivity index (χ0) is 6.53. The van der Waals surface area contributed by atoms with E-state index in [9.17, 15) is 0 Å². The van der Waals surface area contributed by atoms with Crippen LogP contribution < -0.4 is 0 Å². The molecule has 0 aromatic heterocycles. The monoisotopic (exact) mass is 139 g/mol. The maximum atomic E-state index is 4.81. The smallest absolute Gasteiger partial charge is 0.0508 e. The second kappa shape index (κ2) is 3.54. The number of benzene rings is 1. The van der Waals surface area contributed by atoms with E-state index < -0.39 is 0 Å². The maximum absolute atomic E-state index is 4.81. The number of rotatable bonds is 2. The number of hydrogen-bond donors (Lipinski definition) is 0. The van der Waals surface area contributed by atoms with Gasteiger partial charge in [-0.2, -0.15) is 0 Å². The molecule has 1 nitrogen and oxygen atoms in total. The maximum Gasteiger partial charge on any atom is 0.0508 e. The van der Waals surface area contributed by atoms with Crippen molar-refractivity contribution in [3.63, 3.8) is 0 Å². The fourth-order valence-electron chi connectivity index (χ4n) is 0.518. The van der Waals surface area contributed by atoms with Crippen LogP contribution in [-0.4, -0.2) is 7.11 Å². The zero-order valence-corrected chi connectivity index (χ0v) is 5.94. The molecule has 0 atom stereocenters. The van der Waals surface area contributed by atoms with Crippen LogP contribution >= 0.6 is 12.0 Å². The third-order valence-corrected chi connectivity index (χ3v) is 1.45. The lowest BCUT2D eigenvalue weighted by atomic mass is 10.4. The summed E-state index contributed by atoms with van der Waals surface area (Å²) in [6, 6.07) is 10.7. The summed E-state index contributed by atoms with van der Waals surface area (Å²) in [5.41, 5.74) is 0. The first-order valence-electron chi connectivity index (χ1n) is 2.61. The molecule has 0 amide bonds. The second-order valence-electron chi connectivity index (χ2n) is 1.48. The lowest BCUT2D eigenvalue weighted by Crippen LogP contribution is -1.69. The predicted molar refractivity (Wildman–Crippen MR) is 38.1 cm³/mol. The summed E-state index contributed by atoms with van der Waals surface area (Å²) >= 11 is 1.32. The molecule has 1 radical (unpaired) electrons. The van der Waals surface area contributed by atoms with E-state index in [1.165, 1.54) is 12.0 Å². The molecule has 0 saturated heterocycles. The minimum absolute atomic E-state index is 1.01. The second-order valence-corrected chi connectivity index (χ2v) is 2.42. The van der Waals surface area contributed by atoms with Crippen molar-refractivity contribution in [1.82, 2.24) is 0 Å². The van der Waals surface area contributed by atoms with Gasteiger partial charge in [-0.25, -0.2) is 0 Å². The minimum Gasteiger partial charge on any atom is -0.314 e. The summed E-state index contributed by atoms with van der Waals surface area (Å²) in [4.78, 5) is 1.01. The Morgan fingerprint density at radius 1 is 1.56 bits per heavy atom. The van der Waals surface area contributed by atoms with Crippen molar-refractivity contribution in [2.75, 3.05) is 7.11 Å².